The molecule has 0 aromatic carbocycles. The maximum Gasteiger partial charge on any atom is 0.253 e. The molecule has 0 radical (unpaired) electrons. The van der Waals surface area contributed by atoms with E-state index in [2.05, 4.69) is 10.1 Å². The Morgan fingerprint density at radius 3 is 2.58 bits per heavy atom. The molecule has 1 aromatic heterocycles. The molecule has 0 atom stereocenters. The van der Waals surface area contributed by atoms with Crippen LogP contribution < -0.4 is 0 Å². The zero-order chi connectivity index (χ0) is 9.19. The molecule has 0 N–H and O–H groups in total. The Morgan fingerprint density at radius 1 is 1.50 bits per heavy atom. The molecule has 0 bridgehead atoms. The molecule has 0 aliphatic rings. The zero-order valence-corrected chi connectivity index (χ0v) is 9.45. The fourth-order valence-corrected chi connectivity index (χ4v) is 0.938. The lowest BCUT2D eigenvalue weighted by Gasteiger charge is -2.17. The van der Waals surface area contributed by atoms with Gasteiger partial charge in [-0.25, -0.2) is 0 Å². The number of halogens is 1. The van der Waals surface area contributed by atoms with Crippen molar-refractivity contribution >= 4 is 22.6 Å². The summed E-state index contributed by atoms with van der Waals surface area (Å²) in [5.74, 6) is 0.523. The standard InChI is InChI=1S/C7H11IN2O2/c1-7(2,3)11-4-5-9-6(8)10-12-5/h4H2,1-3H3. The predicted octanol–water partition coefficient (Wildman–Crippen LogP) is 1.99. The Bertz CT molecular complexity index is 254. The second kappa shape index (κ2) is 3.69. The highest BCUT2D eigenvalue weighted by Gasteiger charge is 2.12. The number of nitrogens with zero attached hydrogens (tertiary/aromatic N) is 2. The summed E-state index contributed by atoms with van der Waals surface area (Å²) in [6, 6.07) is 0. The normalized spacial score (nSPS) is 12.0. The van der Waals surface area contributed by atoms with E-state index in [-0.39, 0.29) is 5.60 Å². The van der Waals surface area contributed by atoms with E-state index in [1.807, 2.05) is 43.4 Å². The van der Waals surface area contributed by atoms with E-state index in [1.54, 1.807) is 0 Å². The maximum absolute atomic E-state index is 5.43. The lowest BCUT2D eigenvalue weighted by atomic mass is 10.2. The van der Waals surface area contributed by atoms with Crippen LogP contribution in [0.15, 0.2) is 4.52 Å². The van der Waals surface area contributed by atoms with Gasteiger partial charge in [0.2, 0.25) is 3.83 Å². The van der Waals surface area contributed by atoms with E-state index in [0.717, 1.165) is 0 Å². The molecule has 0 saturated carbocycles. The van der Waals surface area contributed by atoms with Crippen LogP contribution in [0, 0.1) is 3.83 Å². The molecule has 12 heavy (non-hydrogen) atoms. The van der Waals surface area contributed by atoms with Gasteiger partial charge >= 0.3 is 0 Å². The minimum Gasteiger partial charge on any atom is -0.366 e. The number of hydrogen-bond acceptors (Lipinski definition) is 4. The molecule has 0 aliphatic heterocycles. The zero-order valence-electron chi connectivity index (χ0n) is 7.30. The summed E-state index contributed by atoms with van der Waals surface area (Å²) in [4.78, 5) is 4.00. The molecule has 0 saturated heterocycles. The smallest absolute Gasteiger partial charge is 0.253 e. The van der Waals surface area contributed by atoms with Crippen molar-refractivity contribution < 1.29 is 9.26 Å². The molecule has 4 nitrogen and oxygen atoms in total. The summed E-state index contributed by atoms with van der Waals surface area (Å²) >= 11 is 1.99. The fraction of sp³-hybridized carbons (Fsp3) is 0.714. The molecule has 5 heteroatoms. The third-order valence-corrected chi connectivity index (χ3v) is 1.51. The average molecular weight is 282 g/mol. The monoisotopic (exact) mass is 282 g/mol. The highest BCUT2D eigenvalue weighted by atomic mass is 127. The van der Waals surface area contributed by atoms with Gasteiger partial charge in [0.15, 0.2) is 0 Å². The molecular formula is C7H11IN2O2. The topological polar surface area (TPSA) is 48.2 Å². The minimum atomic E-state index is -0.167. The average Bonchev–Trinajstić information content (AvgIpc) is 2.30. The Hall–Kier alpha value is -0.170. The Labute approximate surface area is 84.8 Å². The van der Waals surface area contributed by atoms with Crippen molar-refractivity contribution in [2.24, 2.45) is 0 Å². The molecule has 0 fully saturated rings. The van der Waals surface area contributed by atoms with Crippen molar-refractivity contribution in [2.75, 3.05) is 0 Å². The molecule has 1 aromatic rings. The Morgan fingerprint density at radius 2 is 2.17 bits per heavy atom. The van der Waals surface area contributed by atoms with Gasteiger partial charge in [-0.05, 0) is 20.8 Å². The molecular weight excluding hydrogens is 271 g/mol. The molecule has 68 valence electrons. The molecule has 0 amide bonds. The van der Waals surface area contributed by atoms with Gasteiger partial charge in [-0.2, -0.15) is 4.98 Å². The van der Waals surface area contributed by atoms with Gasteiger partial charge in [-0.3, -0.25) is 0 Å². The third kappa shape index (κ3) is 3.48. The number of rotatable bonds is 2. The molecule has 1 rings (SSSR count). The van der Waals surface area contributed by atoms with E-state index in [1.165, 1.54) is 0 Å². The van der Waals surface area contributed by atoms with Crippen molar-refractivity contribution in [3.05, 3.63) is 9.72 Å². The van der Waals surface area contributed by atoms with Gasteiger partial charge in [0.05, 0.1) is 5.60 Å². The van der Waals surface area contributed by atoms with Crippen LogP contribution in [0.5, 0.6) is 0 Å². The predicted molar refractivity (Wildman–Crippen MR) is 51.6 cm³/mol. The summed E-state index contributed by atoms with van der Waals surface area (Å²) < 4.78 is 10.9. The lowest BCUT2D eigenvalue weighted by molar-refractivity contribution is -0.0260. The van der Waals surface area contributed by atoms with Crippen molar-refractivity contribution in [1.29, 1.82) is 0 Å². The minimum absolute atomic E-state index is 0.167. The van der Waals surface area contributed by atoms with Crippen LogP contribution in [0.4, 0.5) is 0 Å². The second-order valence-electron chi connectivity index (χ2n) is 3.36. The Balaban J connectivity index is 2.44. The van der Waals surface area contributed by atoms with Crippen LogP contribution in [0.25, 0.3) is 0 Å². The number of hydrogen-bond donors (Lipinski definition) is 0. The number of aromatic nitrogens is 2. The summed E-state index contributed by atoms with van der Waals surface area (Å²) in [7, 11) is 0. The first-order valence-electron chi connectivity index (χ1n) is 3.59. The molecule has 0 aliphatic carbocycles. The summed E-state index contributed by atoms with van der Waals surface area (Å²) in [5.41, 5.74) is -0.167. The van der Waals surface area contributed by atoms with Gasteiger partial charge in [0, 0.05) is 22.6 Å². The second-order valence-corrected chi connectivity index (χ2v) is 4.32. The van der Waals surface area contributed by atoms with E-state index in [4.69, 9.17) is 9.26 Å². The lowest BCUT2D eigenvalue weighted by Crippen LogP contribution is -2.18. The first-order chi connectivity index (χ1) is 5.47. The van der Waals surface area contributed by atoms with Gasteiger partial charge in [0.25, 0.3) is 5.89 Å². The van der Waals surface area contributed by atoms with Crippen LogP contribution in [-0.2, 0) is 11.3 Å². The van der Waals surface area contributed by atoms with Crippen molar-refractivity contribution in [3.8, 4) is 0 Å². The highest BCUT2D eigenvalue weighted by Crippen LogP contribution is 2.10. The van der Waals surface area contributed by atoms with Crippen LogP contribution in [0.3, 0.4) is 0 Å². The third-order valence-electron chi connectivity index (χ3n) is 1.07. The van der Waals surface area contributed by atoms with Crippen molar-refractivity contribution in [2.45, 2.75) is 33.0 Å². The van der Waals surface area contributed by atoms with Crippen LogP contribution in [-0.4, -0.2) is 15.7 Å². The van der Waals surface area contributed by atoms with Crippen LogP contribution in [0.2, 0.25) is 0 Å². The van der Waals surface area contributed by atoms with Gasteiger partial charge < -0.3 is 9.26 Å². The van der Waals surface area contributed by atoms with E-state index >= 15 is 0 Å². The van der Waals surface area contributed by atoms with Gasteiger partial charge in [-0.15, -0.1) is 0 Å². The SMILES string of the molecule is CC(C)(C)OCc1nc(I)no1. The van der Waals surface area contributed by atoms with E-state index in [0.29, 0.717) is 16.3 Å². The van der Waals surface area contributed by atoms with Gasteiger partial charge in [-0.1, -0.05) is 5.16 Å². The van der Waals surface area contributed by atoms with E-state index in [9.17, 15) is 0 Å². The van der Waals surface area contributed by atoms with Crippen LogP contribution in [0.1, 0.15) is 26.7 Å². The number of ether oxygens (including phenoxy) is 1. The van der Waals surface area contributed by atoms with Crippen molar-refractivity contribution in [3.63, 3.8) is 0 Å². The summed E-state index contributed by atoms with van der Waals surface area (Å²) in [6.07, 6.45) is 0. The molecule has 0 unspecified atom stereocenters. The maximum atomic E-state index is 5.43. The van der Waals surface area contributed by atoms with Crippen molar-refractivity contribution in [1.82, 2.24) is 10.1 Å². The Kier molecular flexibility index (Phi) is 3.05. The summed E-state index contributed by atoms with van der Waals surface area (Å²) in [6.45, 7) is 6.32. The first-order valence-corrected chi connectivity index (χ1v) is 4.67. The van der Waals surface area contributed by atoms with Gasteiger partial charge in [0.1, 0.15) is 6.61 Å². The fourth-order valence-electron chi connectivity index (χ4n) is 0.571. The van der Waals surface area contributed by atoms with Crippen LogP contribution >= 0.6 is 22.6 Å². The molecule has 0 spiro atoms. The largest absolute Gasteiger partial charge is 0.366 e. The quantitative estimate of drug-likeness (QED) is 0.778. The first kappa shape index (κ1) is 9.91. The highest BCUT2D eigenvalue weighted by molar-refractivity contribution is 14.1. The molecule has 1 heterocycles. The van der Waals surface area contributed by atoms with E-state index < -0.39 is 0 Å². The summed E-state index contributed by atoms with van der Waals surface area (Å²) in [5, 5.41) is 3.64.